The van der Waals surface area contributed by atoms with E-state index in [0.29, 0.717) is 0 Å². The summed E-state index contributed by atoms with van der Waals surface area (Å²) < 4.78 is 1.88. The molecule has 3 rings (SSSR count). The van der Waals surface area contributed by atoms with Gasteiger partial charge >= 0.3 is 0 Å². The van der Waals surface area contributed by atoms with Crippen LogP contribution in [0.15, 0.2) is 41.7 Å². The summed E-state index contributed by atoms with van der Waals surface area (Å²) in [5, 5.41) is 6.43. The highest BCUT2D eigenvalue weighted by Crippen LogP contribution is 2.26. The van der Waals surface area contributed by atoms with Crippen LogP contribution in [0.2, 0.25) is 0 Å². The number of hydrogen-bond acceptors (Lipinski definition) is 4. The molecule has 0 radical (unpaired) electrons. The van der Waals surface area contributed by atoms with E-state index in [-0.39, 0.29) is 0 Å². The number of hydrogen-bond donors (Lipinski definition) is 0. The summed E-state index contributed by atoms with van der Waals surface area (Å²) in [4.78, 5) is 8.69. The zero-order valence-corrected chi connectivity index (χ0v) is 11.0. The molecule has 90 valence electrons. The lowest BCUT2D eigenvalue weighted by atomic mass is 10.1. The van der Waals surface area contributed by atoms with Gasteiger partial charge in [-0.3, -0.25) is 4.68 Å². The third-order valence-electron chi connectivity index (χ3n) is 2.82. The van der Waals surface area contributed by atoms with E-state index in [1.54, 1.807) is 6.20 Å². The maximum atomic E-state index is 4.55. The van der Waals surface area contributed by atoms with E-state index in [1.165, 1.54) is 11.8 Å². The summed E-state index contributed by atoms with van der Waals surface area (Å²) in [7, 11) is 1.95. The Morgan fingerprint density at radius 3 is 2.83 bits per heavy atom. The Bertz CT molecular complexity index is 705. The van der Waals surface area contributed by atoms with Gasteiger partial charge in [-0.2, -0.15) is 5.10 Å². The van der Waals surface area contributed by atoms with E-state index < -0.39 is 0 Å². The number of para-hydroxylation sites is 1. The van der Waals surface area contributed by atoms with Crippen molar-refractivity contribution in [2.24, 2.45) is 7.05 Å². The van der Waals surface area contributed by atoms with Crippen LogP contribution in [0.5, 0.6) is 0 Å². The Labute approximate surface area is 109 Å². The van der Waals surface area contributed by atoms with Gasteiger partial charge in [-0.05, 0) is 18.4 Å². The highest BCUT2D eigenvalue weighted by molar-refractivity contribution is 7.98. The Hall–Kier alpha value is -1.88. The maximum absolute atomic E-state index is 4.55. The number of thioether (sulfide) groups is 1. The van der Waals surface area contributed by atoms with Crippen LogP contribution in [-0.4, -0.2) is 26.0 Å². The average molecular weight is 256 g/mol. The minimum absolute atomic E-state index is 0.766. The minimum atomic E-state index is 0.766. The lowest BCUT2D eigenvalue weighted by Gasteiger charge is -1.98. The van der Waals surface area contributed by atoms with E-state index in [0.717, 1.165) is 27.4 Å². The van der Waals surface area contributed by atoms with Gasteiger partial charge in [-0.1, -0.05) is 30.0 Å². The van der Waals surface area contributed by atoms with Gasteiger partial charge in [0.05, 0.1) is 11.2 Å². The second kappa shape index (κ2) is 4.42. The molecule has 0 aliphatic heterocycles. The number of aromatic nitrogens is 4. The van der Waals surface area contributed by atoms with Crippen LogP contribution in [0.4, 0.5) is 0 Å². The number of rotatable bonds is 2. The van der Waals surface area contributed by atoms with Gasteiger partial charge in [0.25, 0.3) is 0 Å². The fourth-order valence-corrected chi connectivity index (χ4v) is 2.33. The molecule has 5 heteroatoms. The quantitative estimate of drug-likeness (QED) is 0.522. The molecule has 0 aliphatic carbocycles. The molecule has 0 unspecified atom stereocenters. The van der Waals surface area contributed by atoms with Crippen LogP contribution in [0.1, 0.15) is 0 Å². The second-order valence-electron chi connectivity index (χ2n) is 3.92. The van der Waals surface area contributed by atoms with E-state index in [4.69, 9.17) is 0 Å². The maximum Gasteiger partial charge on any atom is 0.187 e. The van der Waals surface area contributed by atoms with Crippen molar-refractivity contribution in [2.45, 2.75) is 5.16 Å². The molecule has 2 heterocycles. The lowest BCUT2D eigenvalue weighted by Crippen LogP contribution is -1.92. The molecule has 3 aromatic rings. The molecular formula is C13H12N4S. The van der Waals surface area contributed by atoms with Gasteiger partial charge in [0.1, 0.15) is 5.69 Å². The third kappa shape index (κ3) is 1.76. The zero-order chi connectivity index (χ0) is 12.5. The Morgan fingerprint density at radius 1 is 1.17 bits per heavy atom. The van der Waals surface area contributed by atoms with Crippen molar-refractivity contribution in [1.82, 2.24) is 19.7 Å². The summed E-state index contributed by atoms with van der Waals surface area (Å²) >= 11 is 1.53. The first kappa shape index (κ1) is 11.2. The Kier molecular flexibility index (Phi) is 2.76. The fraction of sp³-hybridized carbons (Fsp3) is 0.154. The molecule has 0 atom stereocenters. The molecule has 4 nitrogen and oxygen atoms in total. The molecule has 0 fully saturated rings. The molecule has 1 aromatic carbocycles. The van der Waals surface area contributed by atoms with E-state index >= 15 is 0 Å². The Morgan fingerprint density at radius 2 is 2.00 bits per heavy atom. The Balaban J connectivity index is 2.25. The molecule has 0 saturated carbocycles. The van der Waals surface area contributed by atoms with Crippen LogP contribution in [0.25, 0.3) is 22.3 Å². The molecule has 0 N–H and O–H groups in total. The van der Waals surface area contributed by atoms with Crippen LogP contribution in [0.3, 0.4) is 0 Å². The molecule has 0 amide bonds. The minimum Gasteiger partial charge on any atom is -0.267 e. The first-order valence-electron chi connectivity index (χ1n) is 5.59. The van der Waals surface area contributed by atoms with Crippen molar-refractivity contribution in [3.8, 4) is 11.4 Å². The highest BCUT2D eigenvalue weighted by Gasteiger charge is 2.11. The molecular weight excluding hydrogens is 244 g/mol. The summed E-state index contributed by atoms with van der Waals surface area (Å²) in [6.45, 7) is 0. The van der Waals surface area contributed by atoms with Crippen molar-refractivity contribution in [3.05, 3.63) is 36.5 Å². The number of aryl methyl sites for hydroxylation is 1. The average Bonchev–Trinajstić information content (AvgIpc) is 2.77. The van der Waals surface area contributed by atoms with Gasteiger partial charge < -0.3 is 0 Å². The topological polar surface area (TPSA) is 43.6 Å². The molecule has 0 saturated heterocycles. The van der Waals surface area contributed by atoms with Gasteiger partial charge in [0.15, 0.2) is 5.16 Å². The summed E-state index contributed by atoms with van der Waals surface area (Å²) in [6, 6.07) is 10.1. The summed E-state index contributed by atoms with van der Waals surface area (Å²) in [6.07, 6.45) is 3.74. The first-order valence-corrected chi connectivity index (χ1v) is 6.81. The lowest BCUT2D eigenvalue weighted by molar-refractivity contribution is 0.797. The first-order chi connectivity index (χ1) is 8.79. The van der Waals surface area contributed by atoms with Crippen molar-refractivity contribution in [3.63, 3.8) is 0 Å². The standard InChI is InChI=1S/C13H12N4S/c1-17-11-6-4-3-5-9(11)12(16-17)10-7-8-14-13(15-10)18-2/h3-8H,1-2H3. The van der Waals surface area contributed by atoms with Crippen LogP contribution < -0.4 is 0 Å². The molecule has 18 heavy (non-hydrogen) atoms. The predicted octanol–water partition coefficient (Wildman–Crippen LogP) is 2.75. The van der Waals surface area contributed by atoms with Gasteiger partial charge in [-0.15, -0.1) is 0 Å². The fourth-order valence-electron chi connectivity index (χ4n) is 1.97. The molecule has 0 aliphatic rings. The van der Waals surface area contributed by atoms with Gasteiger partial charge in [-0.25, -0.2) is 9.97 Å². The normalized spacial score (nSPS) is 11.0. The summed E-state index contributed by atoms with van der Waals surface area (Å²) in [5.74, 6) is 0. The van der Waals surface area contributed by atoms with Crippen LogP contribution >= 0.6 is 11.8 Å². The van der Waals surface area contributed by atoms with Crippen molar-refractivity contribution < 1.29 is 0 Å². The largest absolute Gasteiger partial charge is 0.267 e. The number of nitrogens with zero attached hydrogens (tertiary/aromatic N) is 4. The molecule has 0 bridgehead atoms. The van der Waals surface area contributed by atoms with Crippen molar-refractivity contribution in [1.29, 1.82) is 0 Å². The van der Waals surface area contributed by atoms with E-state index in [1.807, 2.05) is 36.2 Å². The van der Waals surface area contributed by atoms with Gasteiger partial charge in [0, 0.05) is 18.6 Å². The number of fused-ring (bicyclic) bond motifs is 1. The third-order valence-corrected chi connectivity index (χ3v) is 3.38. The van der Waals surface area contributed by atoms with Crippen molar-refractivity contribution >= 4 is 22.7 Å². The van der Waals surface area contributed by atoms with E-state index in [9.17, 15) is 0 Å². The van der Waals surface area contributed by atoms with Crippen LogP contribution in [-0.2, 0) is 7.05 Å². The summed E-state index contributed by atoms with van der Waals surface area (Å²) in [5.41, 5.74) is 2.88. The predicted molar refractivity (Wildman–Crippen MR) is 73.5 cm³/mol. The zero-order valence-electron chi connectivity index (χ0n) is 10.2. The molecule has 2 aromatic heterocycles. The monoisotopic (exact) mass is 256 g/mol. The van der Waals surface area contributed by atoms with E-state index in [2.05, 4.69) is 27.2 Å². The number of benzene rings is 1. The van der Waals surface area contributed by atoms with Crippen LogP contribution in [0, 0.1) is 0 Å². The molecule has 0 spiro atoms. The van der Waals surface area contributed by atoms with Gasteiger partial charge in [0.2, 0.25) is 0 Å². The smallest absolute Gasteiger partial charge is 0.187 e. The SMILES string of the molecule is CSc1nccc(-c2nn(C)c3ccccc23)n1. The highest BCUT2D eigenvalue weighted by atomic mass is 32.2. The second-order valence-corrected chi connectivity index (χ2v) is 4.69. The van der Waals surface area contributed by atoms with Crippen molar-refractivity contribution in [2.75, 3.05) is 6.26 Å².